The third kappa shape index (κ3) is 6.24. The lowest BCUT2D eigenvalue weighted by Gasteiger charge is -2.05. The predicted molar refractivity (Wildman–Crippen MR) is 74.9 cm³/mol. The molecule has 0 saturated heterocycles. The van der Waals surface area contributed by atoms with E-state index in [4.69, 9.17) is 4.74 Å². The molecule has 0 saturated carbocycles. The highest BCUT2D eigenvalue weighted by molar-refractivity contribution is 5.97. The van der Waals surface area contributed by atoms with Gasteiger partial charge in [-0.15, -0.1) is 0 Å². The highest BCUT2D eigenvalue weighted by Gasteiger charge is 2.12. The van der Waals surface area contributed by atoms with Crippen LogP contribution in [0.25, 0.3) is 0 Å². The number of Topliss-reactive ketones (excluding diaryl/α,β-unsaturated/α-hetero) is 1. The number of carbonyl (C=O) groups is 1. The van der Waals surface area contributed by atoms with Crippen LogP contribution in [0.5, 0.6) is 0 Å². The zero-order chi connectivity index (χ0) is 14.8. The van der Waals surface area contributed by atoms with E-state index in [2.05, 4.69) is 6.92 Å². The van der Waals surface area contributed by atoms with E-state index in [0.29, 0.717) is 6.61 Å². The highest BCUT2D eigenvalue weighted by Crippen LogP contribution is 2.11. The number of hydrogen-bond donors (Lipinski definition) is 0. The first kappa shape index (κ1) is 16.8. The summed E-state index contributed by atoms with van der Waals surface area (Å²) >= 11 is 0. The molecule has 0 fully saturated rings. The molecule has 0 bridgehead atoms. The van der Waals surface area contributed by atoms with Gasteiger partial charge in [0.25, 0.3) is 0 Å². The van der Waals surface area contributed by atoms with Gasteiger partial charge >= 0.3 is 0 Å². The molecular formula is C16H22F2O2. The first-order chi connectivity index (χ1) is 9.65. The first-order valence-electron chi connectivity index (χ1n) is 7.21. The molecule has 0 unspecified atom stereocenters. The molecule has 0 aliphatic heterocycles. The number of ether oxygens (including phenoxy) is 1. The SMILES string of the molecule is CCCCCCCCOCC(=O)c1cc(F)ccc1F. The number of hydrogen-bond acceptors (Lipinski definition) is 2. The maximum Gasteiger partial charge on any atom is 0.191 e. The van der Waals surface area contributed by atoms with Gasteiger partial charge in [-0.3, -0.25) is 4.79 Å². The van der Waals surface area contributed by atoms with Crippen molar-refractivity contribution < 1.29 is 18.3 Å². The lowest BCUT2D eigenvalue weighted by molar-refractivity contribution is 0.0748. The predicted octanol–water partition coefficient (Wildman–Crippen LogP) is 4.52. The molecule has 0 atom stereocenters. The minimum atomic E-state index is -0.709. The second-order valence-corrected chi connectivity index (χ2v) is 4.87. The smallest absolute Gasteiger partial charge is 0.191 e. The van der Waals surface area contributed by atoms with Crippen LogP contribution in [0.3, 0.4) is 0 Å². The Bertz CT molecular complexity index is 419. The summed E-state index contributed by atoms with van der Waals surface area (Å²) in [4.78, 5) is 11.7. The molecule has 1 rings (SSSR count). The van der Waals surface area contributed by atoms with Gasteiger partial charge in [-0.1, -0.05) is 39.0 Å². The van der Waals surface area contributed by atoms with Gasteiger partial charge in [0.05, 0.1) is 5.56 Å². The number of unbranched alkanes of at least 4 members (excludes halogenated alkanes) is 5. The van der Waals surface area contributed by atoms with Gasteiger partial charge in [0.1, 0.15) is 18.2 Å². The van der Waals surface area contributed by atoms with E-state index in [1.165, 1.54) is 25.7 Å². The van der Waals surface area contributed by atoms with E-state index in [-0.39, 0.29) is 12.2 Å². The first-order valence-corrected chi connectivity index (χ1v) is 7.21. The Kier molecular flexibility index (Phi) is 8.04. The number of ketones is 1. The van der Waals surface area contributed by atoms with Gasteiger partial charge in [-0.05, 0) is 24.6 Å². The Labute approximate surface area is 119 Å². The fraction of sp³-hybridized carbons (Fsp3) is 0.562. The summed E-state index contributed by atoms with van der Waals surface area (Å²) in [6, 6.07) is 2.85. The van der Waals surface area contributed by atoms with Gasteiger partial charge in [0.2, 0.25) is 0 Å². The van der Waals surface area contributed by atoms with Gasteiger partial charge in [0.15, 0.2) is 5.78 Å². The Morgan fingerprint density at radius 3 is 2.55 bits per heavy atom. The molecule has 20 heavy (non-hydrogen) atoms. The van der Waals surface area contributed by atoms with Gasteiger partial charge < -0.3 is 4.74 Å². The van der Waals surface area contributed by atoms with Crippen molar-refractivity contribution >= 4 is 5.78 Å². The second kappa shape index (κ2) is 9.59. The van der Waals surface area contributed by atoms with E-state index in [1.807, 2.05) is 0 Å². The van der Waals surface area contributed by atoms with E-state index in [9.17, 15) is 13.6 Å². The number of halogens is 2. The number of carbonyl (C=O) groups excluding carboxylic acids is 1. The van der Waals surface area contributed by atoms with Crippen molar-refractivity contribution in [1.29, 1.82) is 0 Å². The van der Waals surface area contributed by atoms with Crippen molar-refractivity contribution in [3.63, 3.8) is 0 Å². The lowest BCUT2D eigenvalue weighted by atomic mass is 10.1. The minimum absolute atomic E-state index is 0.199. The third-order valence-electron chi connectivity index (χ3n) is 3.10. The van der Waals surface area contributed by atoms with Crippen LogP contribution >= 0.6 is 0 Å². The number of benzene rings is 1. The molecule has 0 amide bonds. The normalized spacial score (nSPS) is 10.8. The molecule has 0 aliphatic rings. The van der Waals surface area contributed by atoms with Crippen molar-refractivity contribution in [3.8, 4) is 0 Å². The fourth-order valence-electron chi connectivity index (χ4n) is 1.94. The topological polar surface area (TPSA) is 26.3 Å². The van der Waals surface area contributed by atoms with E-state index in [0.717, 1.165) is 31.0 Å². The molecule has 4 heteroatoms. The van der Waals surface area contributed by atoms with Crippen LogP contribution in [0.2, 0.25) is 0 Å². The van der Waals surface area contributed by atoms with Crippen LogP contribution < -0.4 is 0 Å². The van der Waals surface area contributed by atoms with Crippen LogP contribution in [-0.2, 0) is 4.74 Å². The molecule has 0 heterocycles. The average molecular weight is 284 g/mol. The summed E-state index contributed by atoms with van der Waals surface area (Å²) in [6.07, 6.45) is 6.82. The van der Waals surface area contributed by atoms with Crippen molar-refractivity contribution in [2.75, 3.05) is 13.2 Å². The standard InChI is InChI=1S/C16H22F2O2/c1-2-3-4-5-6-7-10-20-12-16(19)14-11-13(17)8-9-15(14)18/h8-9,11H,2-7,10,12H2,1H3. The molecule has 0 aromatic heterocycles. The summed E-state index contributed by atoms with van der Waals surface area (Å²) in [5.41, 5.74) is -0.243. The minimum Gasteiger partial charge on any atom is -0.373 e. The maximum absolute atomic E-state index is 13.3. The Morgan fingerprint density at radius 2 is 1.80 bits per heavy atom. The van der Waals surface area contributed by atoms with Crippen LogP contribution in [0.15, 0.2) is 18.2 Å². The van der Waals surface area contributed by atoms with Crippen molar-refractivity contribution in [3.05, 3.63) is 35.4 Å². The van der Waals surface area contributed by atoms with Crippen LogP contribution in [0.4, 0.5) is 8.78 Å². The summed E-state index contributed by atoms with van der Waals surface area (Å²) in [5, 5.41) is 0. The van der Waals surface area contributed by atoms with Gasteiger partial charge in [-0.25, -0.2) is 8.78 Å². The third-order valence-corrected chi connectivity index (χ3v) is 3.10. The lowest BCUT2D eigenvalue weighted by Crippen LogP contribution is -2.12. The van der Waals surface area contributed by atoms with E-state index >= 15 is 0 Å². The zero-order valence-corrected chi connectivity index (χ0v) is 12.0. The molecule has 112 valence electrons. The molecule has 0 aliphatic carbocycles. The molecule has 2 nitrogen and oxygen atoms in total. The summed E-state index contributed by atoms with van der Waals surface area (Å²) in [6.45, 7) is 2.45. The van der Waals surface area contributed by atoms with Crippen molar-refractivity contribution in [1.82, 2.24) is 0 Å². The monoisotopic (exact) mass is 284 g/mol. The summed E-state index contributed by atoms with van der Waals surface area (Å²) in [5.74, 6) is -1.85. The summed E-state index contributed by atoms with van der Waals surface area (Å²) in [7, 11) is 0. The molecular weight excluding hydrogens is 262 g/mol. The average Bonchev–Trinajstić information content (AvgIpc) is 2.44. The van der Waals surface area contributed by atoms with Crippen molar-refractivity contribution in [2.24, 2.45) is 0 Å². The Balaban J connectivity index is 2.18. The molecule has 1 aromatic rings. The van der Waals surface area contributed by atoms with Crippen LogP contribution in [0, 0.1) is 11.6 Å². The van der Waals surface area contributed by atoms with E-state index < -0.39 is 17.4 Å². The highest BCUT2D eigenvalue weighted by atomic mass is 19.1. The van der Waals surface area contributed by atoms with Gasteiger partial charge in [-0.2, -0.15) is 0 Å². The van der Waals surface area contributed by atoms with E-state index in [1.54, 1.807) is 0 Å². The van der Waals surface area contributed by atoms with Crippen LogP contribution in [-0.4, -0.2) is 19.0 Å². The second-order valence-electron chi connectivity index (χ2n) is 4.87. The van der Waals surface area contributed by atoms with Crippen LogP contribution in [0.1, 0.15) is 55.8 Å². The molecule has 0 radical (unpaired) electrons. The van der Waals surface area contributed by atoms with Gasteiger partial charge in [0, 0.05) is 6.61 Å². The molecule has 1 aromatic carbocycles. The number of rotatable bonds is 10. The largest absolute Gasteiger partial charge is 0.373 e. The molecule has 0 N–H and O–H groups in total. The Morgan fingerprint density at radius 1 is 1.10 bits per heavy atom. The zero-order valence-electron chi connectivity index (χ0n) is 12.0. The molecule has 0 spiro atoms. The Hall–Kier alpha value is -1.29. The maximum atomic E-state index is 13.3. The van der Waals surface area contributed by atoms with Crippen molar-refractivity contribution in [2.45, 2.75) is 45.4 Å². The fourth-order valence-corrected chi connectivity index (χ4v) is 1.94. The summed E-state index contributed by atoms with van der Waals surface area (Å²) < 4.78 is 31.5. The quantitative estimate of drug-likeness (QED) is 0.466.